The van der Waals surface area contributed by atoms with Gasteiger partial charge >= 0.3 is 0 Å². The molecule has 1 N–H and O–H groups in total. The predicted octanol–water partition coefficient (Wildman–Crippen LogP) is 4.57. The Morgan fingerprint density at radius 2 is 1.74 bits per heavy atom. The van der Waals surface area contributed by atoms with Crippen molar-refractivity contribution in [1.82, 2.24) is 15.2 Å². The molecule has 0 aliphatic heterocycles. The number of nitrogens with zero attached hydrogens (tertiary/aromatic N) is 2. The second-order valence-electron chi connectivity index (χ2n) is 5.20. The molecule has 0 fully saturated rings. The van der Waals surface area contributed by atoms with Crippen molar-refractivity contribution in [2.75, 3.05) is 0 Å². The predicted molar refractivity (Wildman–Crippen MR) is 84.7 cm³/mol. The maximum absolute atomic E-state index is 13.6. The largest absolute Gasteiger partial charge is 0.278 e. The van der Waals surface area contributed by atoms with Gasteiger partial charge < -0.3 is 0 Å². The highest BCUT2D eigenvalue weighted by Crippen LogP contribution is 2.32. The van der Waals surface area contributed by atoms with E-state index in [9.17, 15) is 8.78 Å². The molecule has 4 rings (SSSR count). The van der Waals surface area contributed by atoms with Crippen LogP contribution >= 0.6 is 0 Å². The van der Waals surface area contributed by atoms with Crippen molar-refractivity contribution in [2.45, 2.75) is 0 Å². The van der Waals surface area contributed by atoms with E-state index < -0.39 is 11.6 Å². The SMILES string of the molecule is Fc1ccc(-c2ncccc2-c2ccc3[nH]ncc3c2)cc1F. The normalized spacial score (nSPS) is 11.0. The number of benzene rings is 2. The van der Waals surface area contributed by atoms with Crippen molar-refractivity contribution in [1.29, 1.82) is 0 Å². The molecule has 3 nitrogen and oxygen atoms in total. The lowest BCUT2D eigenvalue weighted by Gasteiger charge is -2.09. The van der Waals surface area contributed by atoms with Gasteiger partial charge in [-0.2, -0.15) is 5.10 Å². The fourth-order valence-corrected chi connectivity index (χ4v) is 2.62. The quantitative estimate of drug-likeness (QED) is 0.589. The molecule has 0 saturated heterocycles. The average molecular weight is 307 g/mol. The van der Waals surface area contributed by atoms with Crippen molar-refractivity contribution in [3.8, 4) is 22.4 Å². The van der Waals surface area contributed by atoms with Crippen LogP contribution in [0.3, 0.4) is 0 Å². The molecule has 0 saturated carbocycles. The fourth-order valence-electron chi connectivity index (χ4n) is 2.62. The zero-order chi connectivity index (χ0) is 15.8. The van der Waals surface area contributed by atoms with E-state index in [0.29, 0.717) is 11.3 Å². The standard InChI is InChI=1S/C18H11F2N3/c19-15-5-3-12(9-16(15)20)18-14(2-1-7-21-18)11-4-6-17-13(8-11)10-22-23-17/h1-10H,(H,22,23). The Morgan fingerprint density at radius 3 is 2.61 bits per heavy atom. The maximum Gasteiger partial charge on any atom is 0.159 e. The molecule has 112 valence electrons. The highest BCUT2D eigenvalue weighted by molar-refractivity contribution is 5.88. The second kappa shape index (κ2) is 5.28. The Morgan fingerprint density at radius 1 is 0.870 bits per heavy atom. The molecule has 0 spiro atoms. The van der Waals surface area contributed by atoms with Crippen molar-refractivity contribution in [3.05, 3.63) is 72.6 Å². The zero-order valence-corrected chi connectivity index (χ0v) is 11.9. The lowest BCUT2D eigenvalue weighted by molar-refractivity contribution is 0.509. The smallest absolute Gasteiger partial charge is 0.159 e. The molecule has 0 unspecified atom stereocenters. The van der Waals surface area contributed by atoms with Crippen LogP contribution in [0.15, 0.2) is 60.9 Å². The number of H-pyrrole nitrogens is 1. The van der Waals surface area contributed by atoms with Gasteiger partial charge in [0.1, 0.15) is 0 Å². The van der Waals surface area contributed by atoms with Gasteiger partial charge in [-0.3, -0.25) is 10.1 Å². The van der Waals surface area contributed by atoms with Crippen molar-refractivity contribution < 1.29 is 8.78 Å². The summed E-state index contributed by atoms with van der Waals surface area (Å²) in [4.78, 5) is 4.35. The number of hydrogen-bond donors (Lipinski definition) is 1. The van der Waals surface area contributed by atoms with Gasteiger partial charge in [0.2, 0.25) is 0 Å². The summed E-state index contributed by atoms with van der Waals surface area (Å²) < 4.78 is 26.7. The highest BCUT2D eigenvalue weighted by atomic mass is 19.2. The number of pyridine rings is 1. The highest BCUT2D eigenvalue weighted by Gasteiger charge is 2.12. The van der Waals surface area contributed by atoms with E-state index in [-0.39, 0.29) is 0 Å². The van der Waals surface area contributed by atoms with Crippen molar-refractivity contribution in [2.24, 2.45) is 0 Å². The van der Waals surface area contributed by atoms with Gasteiger partial charge in [0.25, 0.3) is 0 Å². The van der Waals surface area contributed by atoms with Gasteiger partial charge in [-0.05, 0) is 42.0 Å². The third-order valence-corrected chi connectivity index (χ3v) is 3.75. The first-order chi connectivity index (χ1) is 11.2. The number of aromatic amines is 1. The topological polar surface area (TPSA) is 41.6 Å². The lowest BCUT2D eigenvalue weighted by atomic mass is 9.98. The Balaban J connectivity index is 1.90. The third kappa shape index (κ3) is 2.36. The van der Waals surface area contributed by atoms with Gasteiger partial charge in [0.05, 0.1) is 17.4 Å². The molecule has 0 aliphatic carbocycles. The number of nitrogens with one attached hydrogen (secondary N) is 1. The monoisotopic (exact) mass is 307 g/mol. The molecular weight excluding hydrogens is 296 g/mol. The average Bonchev–Trinajstić information content (AvgIpc) is 3.05. The number of fused-ring (bicyclic) bond motifs is 1. The molecule has 4 aromatic rings. The lowest BCUT2D eigenvalue weighted by Crippen LogP contribution is -1.91. The summed E-state index contributed by atoms with van der Waals surface area (Å²) >= 11 is 0. The van der Waals surface area contributed by atoms with Gasteiger partial charge in [-0.25, -0.2) is 8.78 Å². The van der Waals surface area contributed by atoms with E-state index in [0.717, 1.165) is 34.2 Å². The number of hydrogen-bond acceptors (Lipinski definition) is 2. The maximum atomic E-state index is 13.6. The molecule has 23 heavy (non-hydrogen) atoms. The molecule has 0 aliphatic rings. The summed E-state index contributed by atoms with van der Waals surface area (Å²) in [6.45, 7) is 0. The molecule has 0 radical (unpaired) electrons. The minimum Gasteiger partial charge on any atom is -0.278 e. The Bertz CT molecular complexity index is 1010. The molecule has 2 heterocycles. The molecule has 0 bridgehead atoms. The number of aromatic nitrogens is 3. The Kier molecular flexibility index (Phi) is 3.12. The molecule has 2 aromatic carbocycles. The summed E-state index contributed by atoms with van der Waals surface area (Å²) in [5.41, 5.74) is 3.86. The first-order valence-electron chi connectivity index (χ1n) is 7.06. The summed E-state index contributed by atoms with van der Waals surface area (Å²) in [6, 6.07) is 13.4. The molecular formula is C18H11F2N3. The van der Waals surface area contributed by atoms with E-state index in [1.165, 1.54) is 6.07 Å². The minimum absolute atomic E-state index is 0.534. The first kappa shape index (κ1) is 13.6. The van der Waals surface area contributed by atoms with Crippen molar-refractivity contribution >= 4 is 10.9 Å². The Labute approximate surface area is 130 Å². The molecule has 5 heteroatoms. The van der Waals surface area contributed by atoms with Gasteiger partial charge in [0, 0.05) is 22.7 Å². The van der Waals surface area contributed by atoms with E-state index in [2.05, 4.69) is 15.2 Å². The van der Waals surface area contributed by atoms with E-state index in [1.54, 1.807) is 12.4 Å². The van der Waals surface area contributed by atoms with E-state index in [1.807, 2.05) is 30.3 Å². The van der Waals surface area contributed by atoms with Crippen LogP contribution in [0.5, 0.6) is 0 Å². The first-order valence-corrected chi connectivity index (χ1v) is 7.06. The summed E-state index contributed by atoms with van der Waals surface area (Å²) in [6.07, 6.45) is 3.38. The van der Waals surface area contributed by atoms with Crippen LogP contribution in [0, 0.1) is 11.6 Å². The summed E-state index contributed by atoms with van der Waals surface area (Å²) in [5.74, 6) is -1.75. The second-order valence-corrected chi connectivity index (χ2v) is 5.20. The summed E-state index contributed by atoms with van der Waals surface area (Å²) in [5, 5.41) is 7.88. The van der Waals surface area contributed by atoms with Gasteiger partial charge in [-0.1, -0.05) is 12.1 Å². The molecule has 0 amide bonds. The van der Waals surface area contributed by atoms with Crippen LogP contribution in [0.2, 0.25) is 0 Å². The number of halogens is 2. The summed E-state index contributed by atoms with van der Waals surface area (Å²) in [7, 11) is 0. The van der Waals surface area contributed by atoms with Crippen LogP contribution in [0.1, 0.15) is 0 Å². The molecule has 2 aromatic heterocycles. The van der Waals surface area contributed by atoms with Crippen LogP contribution in [-0.2, 0) is 0 Å². The van der Waals surface area contributed by atoms with Crippen LogP contribution in [0.25, 0.3) is 33.3 Å². The third-order valence-electron chi connectivity index (χ3n) is 3.75. The zero-order valence-electron chi connectivity index (χ0n) is 11.9. The van der Waals surface area contributed by atoms with E-state index >= 15 is 0 Å². The van der Waals surface area contributed by atoms with Gasteiger partial charge in [-0.15, -0.1) is 0 Å². The molecule has 0 atom stereocenters. The Hall–Kier alpha value is -3.08. The minimum atomic E-state index is -0.885. The van der Waals surface area contributed by atoms with Crippen LogP contribution < -0.4 is 0 Å². The van der Waals surface area contributed by atoms with Crippen molar-refractivity contribution in [3.63, 3.8) is 0 Å². The van der Waals surface area contributed by atoms with Crippen LogP contribution in [0.4, 0.5) is 8.78 Å². The van der Waals surface area contributed by atoms with Gasteiger partial charge in [0.15, 0.2) is 11.6 Å². The number of rotatable bonds is 2. The van der Waals surface area contributed by atoms with E-state index in [4.69, 9.17) is 0 Å². The fraction of sp³-hybridized carbons (Fsp3) is 0. The van der Waals surface area contributed by atoms with Crippen LogP contribution in [-0.4, -0.2) is 15.2 Å².